The van der Waals surface area contributed by atoms with E-state index in [2.05, 4.69) is 17.1 Å². The summed E-state index contributed by atoms with van der Waals surface area (Å²) in [6.07, 6.45) is 1.81. The number of benzene rings is 1. The van der Waals surface area contributed by atoms with Gasteiger partial charge in [0.25, 0.3) is 0 Å². The average molecular weight is 198 g/mol. The van der Waals surface area contributed by atoms with Crippen molar-refractivity contribution >= 4 is 5.69 Å². The number of nitrogens with two attached hydrogens (primary N) is 1. The molecule has 0 unspecified atom stereocenters. The first kappa shape index (κ1) is 9.71. The Kier molecular flexibility index (Phi) is 2.42. The second-order valence-electron chi connectivity index (χ2n) is 3.71. The van der Waals surface area contributed by atoms with E-state index in [1.165, 1.54) is 11.1 Å². The third-order valence-corrected chi connectivity index (χ3v) is 2.59. The summed E-state index contributed by atoms with van der Waals surface area (Å²) in [5.74, 6) is 0. The molecule has 2 nitrogen and oxygen atoms in total. The van der Waals surface area contributed by atoms with Crippen molar-refractivity contribution in [3.8, 4) is 11.1 Å². The molecule has 0 bridgehead atoms. The summed E-state index contributed by atoms with van der Waals surface area (Å²) in [6.45, 7) is 4.03. The molecule has 0 fully saturated rings. The van der Waals surface area contributed by atoms with E-state index in [4.69, 9.17) is 5.73 Å². The lowest BCUT2D eigenvalue weighted by Gasteiger charge is -2.07. The van der Waals surface area contributed by atoms with Gasteiger partial charge in [0.15, 0.2) is 0 Å². The molecule has 0 aliphatic rings. The SMILES string of the molecule is Cc1cc(-c2cccnc2C)ccc1N. The molecule has 0 aliphatic carbocycles. The topological polar surface area (TPSA) is 38.9 Å². The van der Waals surface area contributed by atoms with Gasteiger partial charge in [0.05, 0.1) is 0 Å². The van der Waals surface area contributed by atoms with E-state index in [1.54, 1.807) is 0 Å². The van der Waals surface area contributed by atoms with Crippen molar-refractivity contribution in [3.05, 3.63) is 47.8 Å². The normalized spacial score (nSPS) is 10.3. The van der Waals surface area contributed by atoms with Crippen molar-refractivity contribution in [1.82, 2.24) is 4.98 Å². The number of nitrogen functional groups attached to an aromatic ring is 1. The first-order valence-corrected chi connectivity index (χ1v) is 4.96. The molecule has 0 amide bonds. The van der Waals surface area contributed by atoms with Gasteiger partial charge >= 0.3 is 0 Å². The molecule has 2 heteroatoms. The second kappa shape index (κ2) is 3.73. The van der Waals surface area contributed by atoms with Crippen LogP contribution in [0.4, 0.5) is 5.69 Å². The molecule has 0 saturated carbocycles. The fourth-order valence-corrected chi connectivity index (χ4v) is 1.63. The van der Waals surface area contributed by atoms with Crippen LogP contribution in [-0.4, -0.2) is 4.98 Å². The number of hydrogen-bond donors (Lipinski definition) is 1. The molecule has 0 spiro atoms. The molecule has 0 radical (unpaired) electrons. The summed E-state index contributed by atoms with van der Waals surface area (Å²) in [4.78, 5) is 4.28. The Labute approximate surface area is 89.8 Å². The summed E-state index contributed by atoms with van der Waals surface area (Å²) in [5, 5.41) is 0. The van der Waals surface area contributed by atoms with E-state index in [0.717, 1.165) is 16.9 Å². The van der Waals surface area contributed by atoms with E-state index in [-0.39, 0.29) is 0 Å². The molecule has 0 atom stereocenters. The van der Waals surface area contributed by atoms with E-state index in [9.17, 15) is 0 Å². The molecule has 2 rings (SSSR count). The molecule has 15 heavy (non-hydrogen) atoms. The predicted octanol–water partition coefficient (Wildman–Crippen LogP) is 2.95. The standard InChI is InChI=1S/C13H14N2/c1-9-8-11(5-6-13(9)14)12-4-3-7-15-10(12)2/h3-8H,14H2,1-2H3. The van der Waals surface area contributed by atoms with Crippen molar-refractivity contribution in [1.29, 1.82) is 0 Å². The Morgan fingerprint density at radius 1 is 1.13 bits per heavy atom. The lowest BCUT2D eigenvalue weighted by molar-refractivity contribution is 1.20. The van der Waals surface area contributed by atoms with Crippen molar-refractivity contribution in [3.63, 3.8) is 0 Å². The maximum Gasteiger partial charge on any atom is 0.0450 e. The van der Waals surface area contributed by atoms with Gasteiger partial charge in [-0.1, -0.05) is 12.1 Å². The van der Waals surface area contributed by atoms with E-state index in [0.29, 0.717) is 0 Å². The van der Waals surface area contributed by atoms with Gasteiger partial charge in [-0.3, -0.25) is 4.98 Å². The highest BCUT2D eigenvalue weighted by Crippen LogP contribution is 2.24. The van der Waals surface area contributed by atoms with Crippen LogP contribution in [-0.2, 0) is 0 Å². The molecular formula is C13H14N2. The molecule has 0 aliphatic heterocycles. The van der Waals surface area contributed by atoms with Crippen molar-refractivity contribution in [2.24, 2.45) is 0 Å². The third-order valence-electron chi connectivity index (χ3n) is 2.59. The fraction of sp³-hybridized carbons (Fsp3) is 0.154. The number of aromatic nitrogens is 1. The molecular weight excluding hydrogens is 184 g/mol. The summed E-state index contributed by atoms with van der Waals surface area (Å²) in [6, 6.07) is 10.1. The second-order valence-corrected chi connectivity index (χ2v) is 3.71. The number of hydrogen-bond acceptors (Lipinski definition) is 2. The van der Waals surface area contributed by atoms with Crippen LogP contribution < -0.4 is 5.73 Å². The lowest BCUT2D eigenvalue weighted by Crippen LogP contribution is -1.91. The highest BCUT2D eigenvalue weighted by Gasteiger charge is 2.02. The molecule has 2 N–H and O–H groups in total. The minimum absolute atomic E-state index is 0.834. The van der Waals surface area contributed by atoms with Gasteiger partial charge in [-0.25, -0.2) is 0 Å². The number of pyridine rings is 1. The Bertz CT molecular complexity index is 490. The third kappa shape index (κ3) is 1.84. The van der Waals surface area contributed by atoms with Crippen molar-refractivity contribution in [2.45, 2.75) is 13.8 Å². The lowest BCUT2D eigenvalue weighted by atomic mass is 10.0. The first-order chi connectivity index (χ1) is 7.18. The zero-order chi connectivity index (χ0) is 10.8. The highest BCUT2D eigenvalue weighted by atomic mass is 14.7. The monoisotopic (exact) mass is 198 g/mol. The van der Waals surface area contributed by atoms with Crippen molar-refractivity contribution in [2.75, 3.05) is 5.73 Å². The smallest absolute Gasteiger partial charge is 0.0450 e. The van der Waals surface area contributed by atoms with Gasteiger partial charge in [0.2, 0.25) is 0 Å². The number of anilines is 1. The van der Waals surface area contributed by atoms with Gasteiger partial charge < -0.3 is 5.73 Å². The van der Waals surface area contributed by atoms with Crippen LogP contribution in [0.25, 0.3) is 11.1 Å². The zero-order valence-electron chi connectivity index (χ0n) is 8.99. The Balaban J connectivity index is 2.55. The summed E-state index contributed by atoms with van der Waals surface area (Å²) in [5.41, 5.74) is 11.1. The van der Waals surface area contributed by atoms with Gasteiger partial charge in [0, 0.05) is 23.1 Å². The molecule has 1 aromatic carbocycles. The Morgan fingerprint density at radius 2 is 1.93 bits per heavy atom. The number of nitrogens with zero attached hydrogens (tertiary/aromatic N) is 1. The minimum atomic E-state index is 0.834. The predicted molar refractivity (Wildman–Crippen MR) is 63.6 cm³/mol. The summed E-state index contributed by atoms with van der Waals surface area (Å²) < 4.78 is 0. The first-order valence-electron chi connectivity index (χ1n) is 4.96. The van der Waals surface area contributed by atoms with Gasteiger partial charge in [-0.15, -0.1) is 0 Å². The zero-order valence-corrected chi connectivity index (χ0v) is 8.99. The van der Waals surface area contributed by atoms with Crippen LogP contribution in [0.3, 0.4) is 0 Å². The highest BCUT2D eigenvalue weighted by molar-refractivity contribution is 5.69. The Hall–Kier alpha value is -1.83. The fourth-order valence-electron chi connectivity index (χ4n) is 1.63. The van der Waals surface area contributed by atoms with Crippen LogP contribution in [0.5, 0.6) is 0 Å². The van der Waals surface area contributed by atoms with Gasteiger partial charge in [0.1, 0.15) is 0 Å². The van der Waals surface area contributed by atoms with Crippen molar-refractivity contribution < 1.29 is 0 Å². The maximum atomic E-state index is 5.79. The van der Waals surface area contributed by atoms with E-state index >= 15 is 0 Å². The van der Waals surface area contributed by atoms with Crippen LogP contribution in [0.1, 0.15) is 11.3 Å². The number of aryl methyl sites for hydroxylation is 2. The van der Waals surface area contributed by atoms with Crippen LogP contribution >= 0.6 is 0 Å². The number of rotatable bonds is 1. The quantitative estimate of drug-likeness (QED) is 0.715. The van der Waals surface area contributed by atoms with Crippen LogP contribution in [0, 0.1) is 13.8 Å². The average Bonchev–Trinajstić information content (AvgIpc) is 2.23. The van der Waals surface area contributed by atoms with Crippen LogP contribution in [0.2, 0.25) is 0 Å². The van der Waals surface area contributed by atoms with Crippen LogP contribution in [0.15, 0.2) is 36.5 Å². The van der Waals surface area contributed by atoms with E-state index < -0.39 is 0 Å². The molecule has 76 valence electrons. The molecule has 1 heterocycles. The van der Waals surface area contributed by atoms with Gasteiger partial charge in [-0.2, -0.15) is 0 Å². The minimum Gasteiger partial charge on any atom is -0.399 e. The maximum absolute atomic E-state index is 5.79. The molecule has 0 saturated heterocycles. The summed E-state index contributed by atoms with van der Waals surface area (Å²) >= 11 is 0. The largest absolute Gasteiger partial charge is 0.399 e. The molecule has 1 aromatic heterocycles. The summed E-state index contributed by atoms with van der Waals surface area (Å²) in [7, 11) is 0. The molecule has 2 aromatic rings. The van der Waals surface area contributed by atoms with Gasteiger partial charge in [-0.05, 0) is 43.2 Å². The Morgan fingerprint density at radius 3 is 2.60 bits per heavy atom. The van der Waals surface area contributed by atoms with E-state index in [1.807, 2.05) is 38.2 Å².